The maximum Gasteiger partial charge on any atom is 0.308 e. The van der Waals surface area contributed by atoms with Gasteiger partial charge >= 0.3 is 5.97 Å². The van der Waals surface area contributed by atoms with E-state index in [9.17, 15) is 9.59 Å². The van der Waals surface area contributed by atoms with Gasteiger partial charge in [-0.1, -0.05) is 6.92 Å². The Morgan fingerprint density at radius 3 is 2.82 bits per heavy atom. The average Bonchev–Trinajstić information content (AvgIpc) is 2.29. The van der Waals surface area contributed by atoms with Gasteiger partial charge in [-0.15, -0.1) is 0 Å². The van der Waals surface area contributed by atoms with E-state index in [0.29, 0.717) is 16.6 Å². The number of carboxylic acids is 1. The van der Waals surface area contributed by atoms with Crippen LogP contribution >= 0.6 is 15.9 Å². The number of nitrogens with one attached hydrogen (secondary N) is 1. The van der Waals surface area contributed by atoms with Gasteiger partial charge in [-0.2, -0.15) is 0 Å². The number of carbonyl (C=O) groups excluding carboxylic acids is 1. The summed E-state index contributed by atoms with van der Waals surface area (Å²) in [6, 6.07) is 3.15. The van der Waals surface area contributed by atoms with Crippen LogP contribution in [0.1, 0.15) is 23.7 Å². The zero-order valence-corrected chi connectivity index (χ0v) is 10.9. The summed E-state index contributed by atoms with van der Waals surface area (Å²) in [5, 5.41) is 11.4. The molecule has 1 heterocycles. The Morgan fingerprint density at radius 2 is 2.29 bits per heavy atom. The normalized spacial score (nSPS) is 11.9. The zero-order chi connectivity index (χ0) is 12.8. The second-order valence-corrected chi connectivity index (χ2v) is 4.33. The third-order valence-corrected chi connectivity index (χ3v) is 2.77. The van der Waals surface area contributed by atoms with E-state index in [2.05, 4.69) is 26.2 Å². The number of carboxylic acid groups (broad SMARTS) is 1. The van der Waals surface area contributed by atoms with Crippen molar-refractivity contribution in [2.75, 3.05) is 6.54 Å². The summed E-state index contributed by atoms with van der Waals surface area (Å²) in [4.78, 5) is 26.4. The van der Waals surface area contributed by atoms with Gasteiger partial charge in [0.2, 0.25) is 0 Å². The van der Waals surface area contributed by atoms with E-state index in [-0.39, 0.29) is 12.5 Å². The van der Waals surface area contributed by atoms with E-state index in [1.807, 2.05) is 0 Å². The highest BCUT2D eigenvalue weighted by Gasteiger charge is 2.16. The van der Waals surface area contributed by atoms with Crippen LogP contribution in [0.4, 0.5) is 0 Å². The molecule has 6 heteroatoms. The summed E-state index contributed by atoms with van der Waals surface area (Å²) in [6.07, 6.45) is 1.99. The molecule has 1 aromatic rings. The van der Waals surface area contributed by atoms with Crippen molar-refractivity contribution in [2.24, 2.45) is 5.92 Å². The molecular formula is C11H13BrN2O3. The molecule has 0 spiro atoms. The van der Waals surface area contributed by atoms with Crippen molar-refractivity contribution in [3.8, 4) is 0 Å². The predicted molar refractivity (Wildman–Crippen MR) is 65.7 cm³/mol. The lowest BCUT2D eigenvalue weighted by Crippen LogP contribution is -2.32. The van der Waals surface area contributed by atoms with Crippen LogP contribution in [0.25, 0.3) is 0 Å². The monoisotopic (exact) mass is 300 g/mol. The number of aromatic nitrogens is 1. The maximum absolute atomic E-state index is 11.7. The van der Waals surface area contributed by atoms with E-state index < -0.39 is 11.9 Å². The van der Waals surface area contributed by atoms with Gasteiger partial charge in [-0.3, -0.25) is 9.59 Å². The highest BCUT2D eigenvalue weighted by molar-refractivity contribution is 9.10. The summed E-state index contributed by atoms with van der Waals surface area (Å²) in [7, 11) is 0. The smallest absolute Gasteiger partial charge is 0.308 e. The van der Waals surface area contributed by atoms with Gasteiger partial charge in [-0.05, 0) is 34.5 Å². The fourth-order valence-corrected chi connectivity index (χ4v) is 1.63. The highest BCUT2D eigenvalue weighted by Crippen LogP contribution is 2.08. The number of amides is 1. The number of halogens is 1. The van der Waals surface area contributed by atoms with Crippen LogP contribution in [-0.4, -0.2) is 28.5 Å². The van der Waals surface area contributed by atoms with E-state index in [0.717, 1.165) is 0 Å². The van der Waals surface area contributed by atoms with Crippen molar-refractivity contribution in [1.82, 2.24) is 10.3 Å². The molecule has 1 amide bonds. The Kier molecular flexibility index (Phi) is 5.09. The van der Waals surface area contributed by atoms with Crippen molar-refractivity contribution >= 4 is 27.8 Å². The molecule has 5 nitrogen and oxygen atoms in total. The molecule has 0 aliphatic rings. The zero-order valence-electron chi connectivity index (χ0n) is 9.31. The molecule has 2 N–H and O–H groups in total. The lowest BCUT2D eigenvalue weighted by molar-refractivity contribution is -0.141. The lowest BCUT2D eigenvalue weighted by atomic mass is 10.1. The molecule has 1 aromatic heterocycles. The van der Waals surface area contributed by atoms with Gasteiger partial charge in [0.25, 0.3) is 5.91 Å². The van der Waals surface area contributed by atoms with Crippen molar-refractivity contribution in [3.63, 3.8) is 0 Å². The number of pyridine rings is 1. The van der Waals surface area contributed by atoms with Crippen LogP contribution in [0.5, 0.6) is 0 Å². The predicted octanol–water partition coefficient (Wildman–Crippen LogP) is 1.68. The lowest BCUT2D eigenvalue weighted by Gasteiger charge is -2.10. The molecule has 0 aliphatic carbocycles. The van der Waals surface area contributed by atoms with Crippen LogP contribution in [0.15, 0.2) is 22.9 Å². The molecule has 0 aliphatic heterocycles. The molecule has 0 saturated carbocycles. The molecule has 1 atom stereocenters. The van der Waals surface area contributed by atoms with Crippen LogP contribution in [-0.2, 0) is 4.79 Å². The molecule has 92 valence electrons. The molecule has 0 radical (unpaired) electrons. The number of rotatable bonds is 5. The largest absolute Gasteiger partial charge is 0.481 e. The summed E-state index contributed by atoms with van der Waals surface area (Å²) < 4.78 is 0.565. The number of nitrogens with zero attached hydrogens (tertiary/aromatic N) is 1. The number of hydrogen-bond donors (Lipinski definition) is 2. The van der Waals surface area contributed by atoms with E-state index in [4.69, 9.17) is 5.11 Å². The topological polar surface area (TPSA) is 79.3 Å². The van der Waals surface area contributed by atoms with Gasteiger partial charge in [0.15, 0.2) is 0 Å². The maximum atomic E-state index is 11.7. The highest BCUT2D eigenvalue weighted by atomic mass is 79.9. The fraction of sp³-hybridized carbons (Fsp3) is 0.364. The first-order valence-electron chi connectivity index (χ1n) is 5.17. The number of carbonyl (C=O) groups is 2. The molecule has 0 fully saturated rings. The molecule has 17 heavy (non-hydrogen) atoms. The van der Waals surface area contributed by atoms with Crippen molar-refractivity contribution in [2.45, 2.75) is 13.3 Å². The molecular weight excluding hydrogens is 288 g/mol. The molecule has 1 unspecified atom stereocenters. The van der Waals surface area contributed by atoms with Gasteiger partial charge in [0.1, 0.15) is 4.60 Å². The SMILES string of the molecule is CCC(CNC(=O)c1ccnc(Br)c1)C(=O)O. The minimum absolute atomic E-state index is 0.130. The minimum atomic E-state index is -0.899. The molecule has 1 rings (SSSR count). The van der Waals surface area contributed by atoms with E-state index in [1.54, 1.807) is 19.1 Å². The van der Waals surface area contributed by atoms with Gasteiger partial charge < -0.3 is 10.4 Å². The fourth-order valence-electron chi connectivity index (χ4n) is 1.27. The first kappa shape index (κ1) is 13.6. The second-order valence-electron chi connectivity index (χ2n) is 3.52. The van der Waals surface area contributed by atoms with Crippen molar-refractivity contribution in [1.29, 1.82) is 0 Å². The van der Waals surface area contributed by atoms with Crippen LogP contribution in [0, 0.1) is 5.92 Å². The summed E-state index contributed by atoms with van der Waals surface area (Å²) in [5.74, 6) is -1.75. The van der Waals surface area contributed by atoms with Gasteiger partial charge in [-0.25, -0.2) is 4.98 Å². The third-order valence-electron chi connectivity index (χ3n) is 2.34. The van der Waals surface area contributed by atoms with Crippen LogP contribution in [0.3, 0.4) is 0 Å². The minimum Gasteiger partial charge on any atom is -0.481 e. The first-order chi connectivity index (χ1) is 8.04. The number of hydrogen-bond acceptors (Lipinski definition) is 3. The van der Waals surface area contributed by atoms with E-state index >= 15 is 0 Å². The first-order valence-corrected chi connectivity index (χ1v) is 5.96. The second kappa shape index (κ2) is 6.34. The van der Waals surface area contributed by atoms with Gasteiger partial charge in [0.05, 0.1) is 5.92 Å². The van der Waals surface area contributed by atoms with Crippen molar-refractivity contribution < 1.29 is 14.7 Å². The third kappa shape index (κ3) is 4.14. The molecule has 0 bridgehead atoms. The Bertz CT molecular complexity index is 423. The summed E-state index contributed by atoms with van der Waals surface area (Å²) in [6.45, 7) is 1.90. The Hall–Kier alpha value is -1.43. The van der Waals surface area contributed by atoms with E-state index in [1.165, 1.54) is 6.20 Å². The average molecular weight is 301 g/mol. The molecule has 0 aromatic carbocycles. The summed E-state index contributed by atoms with van der Waals surface area (Å²) in [5.41, 5.74) is 0.451. The van der Waals surface area contributed by atoms with Gasteiger partial charge in [0, 0.05) is 18.3 Å². The Balaban J connectivity index is 2.58. The molecule has 0 saturated heterocycles. The van der Waals surface area contributed by atoms with Crippen molar-refractivity contribution in [3.05, 3.63) is 28.5 Å². The number of aliphatic carboxylic acids is 1. The Labute approximate surface area is 107 Å². The van der Waals surface area contributed by atoms with Crippen LogP contribution < -0.4 is 5.32 Å². The Morgan fingerprint density at radius 1 is 1.59 bits per heavy atom. The van der Waals surface area contributed by atoms with Crippen LogP contribution in [0.2, 0.25) is 0 Å². The standard InChI is InChI=1S/C11H13BrN2O3/c1-2-7(11(16)17)6-14-10(15)8-3-4-13-9(12)5-8/h3-5,7H,2,6H2,1H3,(H,14,15)(H,16,17). The summed E-state index contributed by atoms with van der Waals surface area (Å²) >= 11 is 3.16. The quantitative estimate of drug-likeness (QED) is 0.811.